The molecule has 0 aliphatic heterocycles. The van der Waals surface area contributed by atoms with Crippen LogP contribution in [0, 0.1) is 0 Å². The van der Waals surface area contributed by atoms with E-state index in [1.54, 1.807) is 24.3 Å². The summed E-state index contributed by atoms with van der Waals surface area (Å²) in [7, 11) is 0. The Morgan fingerprint density at radius 2 is 1.76 bits per heavy atom. The van der Waals surface area contributed by atoms with Crippen molar-refractivity contribution >= 4 is 27.7 Å². The van der Waals surface area contributed by atoms with Crippen molar-refractivity contribution in [2.24, 2.45) is 5.73 Å². The van der Waals surface area contributed by atoms with Gasteiger partial charge in [0.2, 0.25) is 5.91 Å². The lowest BCUT2D eigenvalue weighted by Crippen LogP contribution is -2.38. The Labute approximate surface area is 131 Å². The topological polar surface area (TPSA) is 63.4 Å². The van der Waals surface area contributed by atoms with Crippen molar-refractivity contribution in [3.05, 3.63) is 70.2 Å². The molecule has 0 saturated carbocycles. The first-order valence-corrected chi connectivity index (χ1v) is 7.22. The van der Waals surface area contributed by atoms with E-state index in [0.717, 1.165) is 10.0 Å². The molecule has 4 nitrogen and oxygen atoms in total. The molecule has 0 bridgehead atoms. The largest absolute Gasteiger partial charge is 0.368 e. The first-order chi connectivity index (χ1) is 10.1. The highest BCUT2D eigenvalue weighted by Crippen LogP contribution is 2.15. The van der Waals surface area contributed by atoms with Crippen LogP contribution in [0.1, 0.15) is 15.9 Å². The number of amides is 2. The summed E-state index contributed by atoms with van der Waals surface area (Å²) in [5.41, 5.74) is 6.71. The Bertz CT molecular complexity index is 644. The van der Waals surface area contributed by atoms with Gasteiger partial charge in [-0.1, -0.05) is 46.3 Å². The number of hydrogen-bond acceptors (Lipinski definition) is 2. The number of carbonyl (C=O) groups excluding carboxylic acids is 2. The normalized spacial score (nSPS) is 10.1. The van der Waals surface area contributed by atoms with Crippen molar-refractivity contribution in [1.29, 1.82) is 0 Å². The van der Waals surface area contributed by atoms with Crippen molar-refractivity contribution in [2.75, 3.05) is 6.54 Å². The lowest BCUT2D eigenvalue weighted by molar-refractivity contribution is -0.118. The molecule has 2 amide bonds. The Balaban J connectivity index is 2.22. The molecule has 0 unspecified atom stereocenters. The Morgan fingerprint density at radius 3 is 2.38 bits per heavy atom. The number of primary amides is 1. The van der Waals surface area contributed by atoms with Gasteiger partial charge in [-0.2, -0.15) is 0 Å². The molecule has 0 radical (unpaired) electrons. The van der Waals surface area contributed by atoms with E-state index in [1.807, 2.05) is 30.3 Å². The minimum atomic E-state index is -0.533. The molecule has 0 aliphatic carbocycles. The van der Waals surface area contributed by atoms with Crippen LogP contribution < -0.4 is 5.73 Å². The molecule has 5 heteroatoms. The molecule has 0 atom stereocenters. The van der Waals surface area contributed by atoms with Crippen molar-refractivity contribution in [2.45, 2.75) is 6.54 Å². The van der Waals surface area contributed by atoms with Crippen LogP contribution >= 0.6 is 15.9 Å². The summed E-state index contributed by atoms with van der Waals surface area (Å²) < 4.78 is 0.922. The van der Waals surface area contributed by atoms with Crippen molar-refractivity contribution < 1.29 is 9.59 Å². The minimum absolute atomic E-state index is 0.111. The highest BCUT2D eigenvalue weighted by Gasteiger charge is 2.17. The summed E-state index contributed by atoms with van der Waals surface area (Å²) >= 11 is 3.39. The van der Waals surface area contributed by atoms with Crippen LogP contribution in [0.2, 0.25) is 0 Å². The molecule has 0 aromatic heterocycles. The van der Waals surface area contributed by atoms with Gasteiger partial charge >= 0.3 is 0 Å². The number of nitrogens with zero attached hydrogens (tertiary/aromatic N) is 1. The van der Waals surface area contributed by atoms with E-state index in [-0.39, 0.29) is 12.5 Å². The summed E-state index contributed by atoms with van der Waals surface area (Å²) in [5.74, 6) is -0.747. The summed E-state index contributed by atoms with van der Waals surface area (Å²) in [5, 5.41) is 0. The molecule has 2 aromatic carbocycles. The van der Waals surface area contributed by atoms with Crippen molar-refractivity contribution in [3.8, 4) is 0 Å². The molecule has 2 aromatic rings. The predicted molar refractivity (Wildman–Crippen MR) is 84.5 cm³/mol. The van der Waals surface area contributed by atoms with Gasteiger partial charge in [0.15, 0.2) is 0 Å². The minimum Gasteiger partial charge on any atom is -0.368 e. The van der Waals surface area contributed by atoms with E-state index in [9.17, 15) is 9.59 Å². The second-order valence-corrected chi connectivity index (χ2v) is 5.54. The smallest absolute Gasteiger partial charge is 0.254 e. The SMILES string of the molecule is NC(=O)CN(Cc1cccc(Br)c1)C(=O)c1ccccc1. The number of benzene rings is 2. The lowest BCUT2D eigenvalue weighted by atomic mass is 10.1. The van der Waals surface area contributed by atoms with Gasteiger partial charge in [0.05, 0.1) is 6.54 Å². The van der Waals surface area contributed by atoms with Gasteiger partial charge in [-0.05, 0) is 29.8 Å². The third-order valence-corrected chi connectivity index (χ3v) is 3.41. The van der Waals surface area contributed by atoms with Gasteiger partial charge in [-0.3, -0.25) is 9.59 Å². The van der Waals surface area contributed by atoms with Crippen LogP contribution in [0.25, 0.3) is 0 Å². The van der Waals surface area contributed by atoms with Gasteiger partial charge in [-0.15, -0.1) is 0 Å². The standard InChI is InChI=1S/C16H15BrN2O2/c17-14-8-4-5-12(9-14)10-19(11-15(18)20)16(21)13-6-2-1-3-7-13/h1-9H,10-11H2,(H2,18,20). The third-order valence-electron chi connectivity index (χ3n) is 2.92. The fourth-order valence-corrected chi connectivity index (χ4v) is 2.45. The monoisotopic (exact) mass is 346 g/mol. The van der Waals surface area contributed by atoms with Crippen LogP contribution in [-0.4, -0.2) is 23.3 Å². The molecule has 0 aliphatic rings. The average molecular weight is 347 g/mol. The molecule has 2 N–H and O–H groups in total. The summed E-state index contributed by atoms with van der Waals surface area (Å²) in [6.07, 6.45) is 0. The fraction of sp³-hybridized carbons (Fsp3) is 0.125. The Hall–Kier alpha value is -2.14. The van der Waals surface area contributed by atoms with Crippen LogP contribution in [0.3, 0.4) is 0 Å². The van der Waals surface area contributed by atoms with E-state index < -0.39 is 5.91 Å². The molecule has 108 valence electrons. The maximum Gasteiger partial charge on any atom is 0.254 e. The molecule has 21 heavy (non-hydrogen) atoms. The van der Waals surface area contributed by atoms with Gasteiger partial charge in [0, 0.05) is 16.6 Å². The second kappa shape index (κ2) is 7.04. The van der Waals surface area contributed by atoms with Crippen LogP contribution in [0.4, 0.5) is 0 Å². The van der Waals surface area contributed by atoms with Gasteiger partial charge in [0.1, 0.15) is 0 Å². The molecule has 0 spiro atoms. The second-order valence-electron chi connectivity index (χ2n) is 4.62. The maximum atomic E-state index is 12.5. The van der Waals surface area contributed by atoms with E-state index >= 15 is 0 Å². The lowest BCUT2D eigenvalue weighted by Gasteiger charge is -2.21. The zero-order valence-electron chi connectivity index (χ0n) is 11.3. The number of halogens is 1. The molecular weight excluding hydrogens is 332 g/mol. The van der Waals surface area contributed by atoms with Gasteiger partial charge in [0.25, 0.3) is 5.91 Å². The third kappa shape index (κ3) is 4.43. The molecule has 0 heterocycles. The average Bonchev–Trinajstić information content (AvgIpc) is 2.46. The Kier molecular flexibility index (Phi) is 5.11. The highest BCUT2D eigenvalue weighted by atomic mass is 79.9. The number of hydrogen-bond donors (Lipinski definition) is 1. The van der Waals surface area contributed by atoms with E-state index in [2.05, 4.69) is 15.9 Å². The van der Waals surface area contributed by atoms with E-state index in [4.69, 9.17) is 5.73 Å². The molecule has 0 fully saturated rings. The maximum absolute atomic E-state index is 12.5. The van der Waals surface area contributed by atoms with Gasteiger partial charge < -0.3 is 10.6 Å². The van der Waals surface area contributed by atoms with E-state index in [0.29, 0.717) is 12.1 Å². The first kappa shape index (κ1) is 15.3. The molecule has 2 rings (SSSR count). The van der Waals surface area contributed by atoms with Crippen molar-refractivity contribution in [1.82, 2.24) is 4.90 Å². The summed E-state index contributed by atoms with van der Waals surface area (Å²) in [6, 6.07) is 16.4. The first-order valence-electron chi connectivity index (χ1n) is 6.43. The summed E-state index contributed by atoms with van der Waals surface area (Å²) in [6.45, 7) is 0.219. The number of carbonyl (C=O) groups is 2. The fourth-order valence-electron chi connectivity index (χ4n) is 2.01. The predicted octanol–water partition coefficient (Wildman–Crippen LogP) is 2.58. The summed E-state index contributed by atoms with van der Waals surface area (Å²) in [4.78, 5) is 25.1. The van der Waals surface area contributed by atoms with E-state index in [1.165, 1.54) is 4.90 Å². The molecular formula is C16H15BrN2O2. The van der Waals surface area contributed by atoms with Crippen LogP contribution in [0.15, 0.2) is 59.1 Å². The zero-order chi connectivity index (χ0) is 15.2. The van der Waals surface area contributed by atoms with Crippen molar-refractivity contribution in [3.63, 3.8) is 0 Å². The van der Waals surface area contributed by atoms with Crippen LogP contribution in [0.5, 0.6) is 0 Å². The molecule has 0 saturated heterocycles. The Morgan fingerprint density at radius 1 is 1.05 bits per heavy atom. The number of rotatable bonds is 5. The zero-order valence-corrected chi connectivity index (χ0v) is 12.9. The van der Waals surface area contributed by atoms with Crippen LogP contribution in [-0.2, 0) is 11.3 Å². The highest BCUT2D eigenvalue weighted by molar-refractivity contribution is 9.10. The number of nitrogens with two attached hydrogens (primary N) is 1. The quantitative estimate of drug-likeness (QED) is 0.904. The van der Waals surface area contributed by atoms with Gasteiger partial charge in [-0.25, -0.2) is 0 Å².